The second-order valence-electron chi connectivity index (χ2n) is 2.69. The normalized spacial score (nSPS) is 11.8. The molecule has 0 saturated heterocycles. The zero-order valence-electron chi connectivity index (χ0n) is 7.57. The lowest BCUT2D eigenvalue weighted by Gasteiger charge is -2.05. The molecule has 1 aromatic rings. The van der Waals surface area contributed by atoms with Gasteiger partial charge in [0.25, 0.3) is 0 Å². The van der Waals surface area contributed by atoms with Crippen LogP contribution in [0.1, 0.15) is 0 Å². The SMILES string of the molecule is O=[N+]([O-])c1nn(COCC(F)(F)F)cc1Cl. The van der Waals surface area contributed by atoms with Crippen molar-refractivity contribution in [2.75, 3.05) is 6.61 Å². The fraction of sp³-hybridized carbons (Fsp3) is 0.500. The van der Waals surface area contributed by atoms with Crippen molar-refractivity contribution in [3.63, 3.8) is 0 Å². The third kappa shape index (κ3) is 3.66. The van der Waals surface area contributed by atoms with Gasteiger partial charge in [0.05, 0.1) is 11.3 Å². The van der Waals surface area contributed by atoms with Gasteiger partial charge in [-0.25, -0.2) is 0 Å². The maximum atomic E-state index is 11.7. The summed E-state index contributed by atoms with van der Waals surface area (Å²) >= 11 is 5.41. The van der Waals surface area contributed by atoms with Gasteiger partial charge in [0.1, 0.15) is 6.61 Å². The Labute approximate surface area is 91.7 Å². The topological polar surface area (TPSA) is 70.2 Å². The fourth-order valence-electron chi connectivity index (χ4n) is 0.832. The number of nitrogens with zero attached hydrogens (tertiary/aromatic N) is 3. The molecule has 90 valence electrons. The second-order valence-corrected chi connectivity index (χ2v) is 3.10. The Morgan fingerprint density at radius 3 is 2.69 bits per heavy atom. The van der Waals surface area contributed by atoms with E-state index < -0.39 is 30.3 Å². The number of ether oxygens (including phenoxy) is 1. The number of aromatic nitrogens is 2. The molecule has 0 spiro atoms. The fourth-order valence-corrected chi connectivity index (χ4v) is 1.05. The minimum Gasteiger partial charge on any atom is -0.358 e. The molecule has 6 nitrogen and oxygen atoms in total. The number of rotatable bonds is 4. The maximum Gasteiger partial charge on any atom is 0.411 e. The molecule has 0 bridgehead atoms. The first kappa shape index (κ1) is 12.7. The van der Waals surface area contributed by atoms with Gasteiger partial charge in [-0.3, -0.25) is 0 Å². The van der Waals surface area contributed by atoms with E-state index in [4.69, 9.17) is 11.6 Å². The first-order valence-corrected chi connectivity index (χ1v) is 4.19. The van der Waals surface area contributed by atoms with Crippen LogP contribution < -0.4 is 0 Å². The molecular formula is C6H5ClF3N3O3. The van der Waals surface area contributed by atoms with Gasteiger partial charge in [0.2, 0.25) is 0 Å². The van der Waals surface area contributed by atoms with Crippen LogP contribution in [0.15, 0.2) is 6.20 Å². The lowest BCUT2D eigenvalue weighted by Crippen LogP contribution is -2.18. The van der Waals surface area contributed by atoms with E-state index in [1.54, 1.807) is 0 Å². The van der Waals surface area contributed by atoms with Crippen LogP contribution in [0.25, 0.3) is 0 Å². The molecule has 0 aliphatic heterocycles. The number of halogens is 4. The molecule has 0 fully saturated rings. The summed E-state index contributed by atoms with van der Waals surface area (Å²) in [5.41, 5.74) is 0. The van der Waals surface area contributed by atoms with Crippen LogP contribution in [0.4, 0.5) is 19.0 Å². The molecule has 16 heavy (non-hydrogen) atoms. The highest BCUT2D eigenvalue weighted by Crippen LogP contribution is 2.21. The van der Waals surface area contributed by atoms with E-state index in [1.807, 2.05) is 0 Å². The smallest absolute Gasteiger partial charge is 0.358 e. The number of nitro groups is 1. The molecule has 0 saturated carbocycles. The van der Waals surface area contributed by atoms with Crippen molar-refractivity contribution in [1.29, 1.82) is 0 Å². The zero-order chi connectivity index (χ0) is 12.3. The van der Waals surface area contributed by atoms with Gasteiger partial charge in [-0.05, 0) is 4.92 Å². The Kier molecular flexibility index (Phi) is 3.70. The van der Waals surface area contributed by atoms with Gasteiger partial charge in [0, 0.05) is 0 Å². The number of hydrogen-bond acceptors (Lipinski definition) is 4. The minimum atomic E-state index is -4.46. The van der Waals surface area contributed by atoms with Gasteiger partial charge in [0.15, 0.2) is 11.8 Å². The molecule has 1 rings (SSSR count). The summed E-state index contributed by atoms with van der Waals surface area (Å²) in [5.74, 6) is -0.628. The van der Waals surface area contributed by atoms with Gasteiger partial charge >= 0.3 is 12.0 Å². The highest BCUT2D eigenvalue weighted by Gasteiger charge is 2.28. The van der Waals surface area contributed by atoms with Crippen molar-refractivity contribution < 1.29 is 22.8 Å². The molecule has 0 aliphatic rings. The summed E-state index contributed by atoms with van der Waals surface area (Å²) < 4.78 is 40.1. The molecule has 1 aromatic heterocycles. The standard InChI is InChI=1S/C6H5ClF3N3O3/c7-4-1-12(11-5(4)13(14)15)3-16-2-6(8,9)10/h1H,2-3H2. The van der Waals surface area contributed by atoms with Crippen LogP contribution in [0.2, 0.25) is 5.02 Å². The van der Waals surface area contributed by atoms with Crippen molar-refractivity contribution in [2.45, 2.75) is 12.9 Å². The minimum absolute atomic E-state index is 0.263. The van der Waals surface area contributed by atoms with Crippen molar-refractivity contribution in [3.8, 4) is 0 Å². The molecule has 0 aliphatic carbocycles. The van der Waals surface area contributed by atoms with Crippen LogP contribution in [0, 0.1) is 10.1 Å². The van der Waals surface area contributed by atoms with E-state index in [0.717, 1.165) is 10.9 Å². The molecule has 0 aromatic carbocycles. The molecule has 0 unspecified atom stereocenters. The molecule has 0 radical (unpaired) electrons. The molecular weight excluding hydrogens is 255 g/mol. The van der Waals surface area contributed by atoms with Crippen molar-refractivity contribution in [3.05, 3.63) is 21.3 Å². The molecule has 10 heteroatoms. The zero-order valence-corrected chi connectivity index (χ0v) is 8.33. The lowest BCUT2D eigenvalue weighted by molar-refractivity contribution is -0.389. The third-order valence-electron chi connectivity index (χ3n) is 1.36. The molecule has 0 amide bonds. The summed E-state index contributed by atoms with van der Waals surface area (Å²) in [6, 6.07) is 0. The molecule has 0 atom stereocenters. The van der Waals surface area contributed by atoms with Crippen molar-refractivity contribution in [2.24, 2.45) is 0 Å². The number of hydrogen-bond donors (Lipinski definition) is 0. The summed E-state index contributed by atoms with van der Waals surface area (Å²) in [4.78, 5) is 9.45. The maximum absolute atomic E-state index is 11.7. The molecule has 1 heterocycles. The van der Waals surface area contributed by atoms with Gasteiger partial charge < -0.3 is 14.9 Å². The van der Waals surface area contributed by atoms with Crippen LogP contribution >= 0.6 is 11.6 Å². The van der Waals surface area contributed by atoms with E-state index in [9.17, 15) is 23.3 Å². The van der Waals surface area contributed by atoms with Crippen molar-refractivity contribution in [1.82, 2.24) is 9.78 Å². The summed E-state index contributed by atoms with van der Waals surface area (Å²) in [5, 5.41) is 13.4. The van der Waals surface area contributed by atoms with E-state index in [1.165, 1.54) is 0 Å². The first-order chi connectivity index (χ1) is 7.29. The van der Waals surface area contributed by atoms with E-state index in [2.05, 4.69) is 9.84 Å². The van der Waals surface area contributed by atoms with E-state index >= 15 is 0 Å². The Bertz CT molecular complexity index is 392. The Hall–Kier alpha value is -1.35. The summed E-state index contributed by atoms with van der Waals surface area (Å²) in [6.45, 7) is -2.02. The van der Waals surface area contributed by atoms with Crippen LogP contribution in [-0.2, 0) is 11.5 Å². The van der Waals surface area contributed by atoms with Crippen LogP contribution in [0.5, 0.6) is 0 Å². The highest BCUT2D eigenvalue weighted by molar-refractivity contribution is 6.32. The number of alkyl halides is 3. The first-order valence-electron chi connectivity index (χ1n) is 3.81. The van der Waals surface area contributed by atoms with Gasteiger partial charge in [-0.2, -0.15) is 17.9 Å². The largest absolute Gasteiger partial charge is 0.411 e. The van der Waals surface area contributed by atoms with Crippen LogP contribution in [-0.4, -0.2) is 27.5 Å². The summed E-state index contributed by atoms with van der Waals surface area (Å²) in [6.07, 6.45) is -3.45. The average molecular weight is 260 g/mol. The van der Waals surface area contributed by atoms with E-state index in [0.29, 0.717) is 0 Å². The van der Waals surface area contributed by atoms with Crippen LogP contribution in [0.3, 0.4) is 0 Å². The Balaban J connectivity index is 2.56. The van der Waals surface area contributed by atoms with Gasteiger partial charge in [-0.1, -0.05) is 11.6 Å². The van der Waals surface area contributed by atoms with E-state index in [-0.39, 0.29) is 5.02 Å². The monoisotopic (exact) mass is 259 g/mol. The highest BCUT2D eigenvalue weighted by atomic mass is 35.5. The third-order valence-corrected chi connectivity index (χ3v) is 1.63. The van der Waals surface area contributed by atoms with Gasteiger partial charge in [-0.15, -0.1) is 0 Å². The summed E-state index contributed by atoms with van der Waals surface area (Å²) in [7, 11) is 0. The second kappa shape index (κ2) is 4.66. The Morgan fingerprint density at radius 1 is 1.62 bits per heavy atom. The quantitative estimate of drug-likeness (QED) is 0.612. The Morgan fingerprint density at radius 2 is 2.25 bits per heavy atom. The van der Waals surface area contributed by atoms with Crippen molar-refractivity contribution >= 4 is 17.4 Å². The molecule has 0 N–H and O–H groups in total. The average Bonchev–Trinajstić information content (AvgIpc) is 2.44. The predicted molar refractivity (Wildman–Crippen MR) is 45.9 cm³/mol. The lowest BCUT2D eigenvalue weighted by atomic mass is 10.6. The predicted octanol–water partition coefficient (Wildman–Crippen LogP) is 1.98.